The van der Waals surface area contributed by atoms with E-state index >= 15 is 0 Å². The first-order valence-corrected chi connectivity index (χ1v) is 7.18. The summed E-state index contributed by atoms with van der Waals surface area (Å²) in [6.07, 6.45) is 1.43. The topological polar surface area (TPSA) is 122 Å². The van der Waals surface area contributed by atoms with Crippen molar-refractivity contribution in [3.8, 4) is 11.5 Å². The third kappa shape index (κ3) is 3.47. The van der Waals surface area contributed by atoms with Crippen LogP contribution in [0.5, 0.6) is 11.5 Å². The molecular formula is C17H12N2O6. The molecule has 0 spiro atoms. The number of nitro benzene ring substituents is 1. The van der Waals surface area contributed by atoms with Crippen molar-refractivity contribution in [1.29, 1.82) is 0 Å². The van der Waals surface area contributed by atoms with Crippen LogP contribution in [-0.2, 0) is 4.79 Å². The van der Waals surface area contributed by atoms with Crippen LogP contribution in [0.15, 0.2) is 48.2 Å². The number of fused-ring (bicyclic) bond motifs is 1. The molecule has 2 N–H and O–H groups in total. The summed E-state index contributed by atoms with van der Waals surface area (Å²) in [6, 6.07) is 10.4. The van der Waals surface area contributed by atoms with Gasteiger partial charge in [-0.3, -0.25) is 19.7 Å². The van der Waals surface area contributed by atoms with Gasteiger partial charge in [0.1, 0.15) is 11.5 Å². The molecule has 3 rings (SSSR count). The van der Waals surface area contributed by atoms with E-state index in [-0.39, 0.29) is 29.6 Å². The molecular weight excluding hydrogens is 328 g/mol. The highest BCUT2D eigenvalue weighted by atomic mass is 16.6. The zero-order valence-corrected chi connectivity index (χ0v) is 12.8. The van der Waals surface area contributed by atoms with Crippen LogP contribution in [0.25, 0.3) is 6.08 Å². The molecule has 0 saturated heterocycles. The van der Waals surface area contributed by atoms with Gasteiger partial charge in [-0.25, -0.2) is 0 Å². The molecule has 2 aromatic carbocycles. The monoisotopic (exact) mass is 340 g/mol. The zero-order valence-electron chi connectivity index (χ0n) is 12.8. The molecule has 0 atom stereocenters. The van der Waals surface area contributed by atoms with Gasteiger partial charge in [0.15, 0.2) is 12.4 Å². The predicted molar refractivity (Wildman–Crippen MR) is 87.2 cm³/mol. The van der Waals surface area contributed by atoms with E-state index in [1.165, 1.54) is 42.5 Å². The smallest absolute Gasteiger partial charge is 0.270 e. The van der Waals surface area contributed by atoms with Crippen molar-refractivity contribution in [2.45, 2.75) is 0 Å². The molecule has 0 fully saturated rings. The first-order chi connectivity index (χ1) is 11.9. The summed E-state index contributed by atoms with van der Waals surface area (Å²) in [7, 11) is 0. The molecule has 0 saturated carbocycles. The lowest BCUT2D eigenvalue weighted by atomic mass is 10.1. The van der Waals surface area contributed by atoms with Crippen molar-refractivity contribution in [3.63, 3.8) is 0 Å². The number of nitrogens with two attached hydrogens (primary N) is 1. The molecule has 1 aliphatic rings. The minimum atomic E-state index is -0.622. The van der Waals surface area contributed by atoms with Gasteiger partial charge in [-0.15, -0.1) is 0 Å². The molecule has 8 nitrogen and oxygen atoms in total. The van der Waals surface area contributed by atoms with E-state index in [2.05, 4.69) is 0 Å². The second-order valence-electron chi connectivity index (χ2n) is 5.20. The van der Waals surface area contributed by atoms with E-state index in [0.29, 0.717) is 16.9 Å². The summed E-state index contributed by atoms with van der Waals surface area (Å²) in [6.45, 7) is -0.289. The minimum absolute atomic E-state index is 0.0440. The van der Waals surface area contributed by atoms with Gasteiger partial charge in [0.2, 0.25) is 5.78 Å². The Labute approximate surface area is 141 Å². The maximum atomic E-state index is 12.4. The number of carbonyl (C=O) groups excluding carboxylic acids is 2. The first-order valence-electron chi connectivity index (χ1n) is 7.18. The van der Waals surface area contributed by atoms with Crippen LogP contribution in [0.1, 0.15) is 15.9 Å². The summed E-state index contributed by atoms with van der Waals surface area (Å²) in [4.78, 5) is 33.4. The Morgan fingerprint density at radius 3 is 2.80 bits per heavy atom. The van der Waals surface area contributed by atoms with Crippen molar-refractivity contribution in [2.75, 3.05) is 6.61 Å². The number of primary amides is 1. The molecule has 0 unspecified atom stereocenters. The Morgan fingerprint density at radius 1 is 1.28 bits per heavy atom. The van der Waals surface area contributed by atoms with Crippen molar-refractivity contribution in [3.05, 3.63) is 69.5 Å². The average molecular weight is 340 g/mol. The molecule has 1 heterocycles. The fourth-order valence-electron chi connectivity index (χ4n) is 2.29. The highest BCUT2D eigenvalue weighted by molar-refractivity contribution is 6.14. The van der Waals surface area contributed by atoms with Crippen molar-refractivity contribution in [2.24, 2.45) is 5.73 Å². The number of amides is 1. The van der Waals surface area contributed by atoms with Gasteiger partial charge in [0.25, 0.3) is 11.6 Å². The number of benzene rings is 2. The third-order valence-corrected chi connectivity index (χ3v) is 3.40. The van der Waals surface area contributed by atoms with Crippen LogP contribution in [0.3, 0.4) is 0 Å². The quantitative estimate of drug-likeness (QED) is 0.505. The Morgan fingerprint density at radius 2 is 2.08 bits per heavy atom. The molecule has 126 valence electrons. The number of hydrogen-bond donors (Lipinski definition) is 1. The summed E-state index contributed by atoms with van der Waals surface area (Å²) in [5.41, 5.74) is 5.73. The molecule has 2 aromatic rings. The molecule has 1 amide bonds. The number of non-ortho nitro benzene ring substituents is 1. The number of hydrogen-bond acceptors (Lipinski definition) is 6. The number of rotatable bonds is 5. The van der Waals surface area contributed by atoms with E-state index < -0.39 is 10.8 Å². The molecule has 25 heavy (non-hydrogen) atoms. The van der Waals surface area contributed by atoms with Gasteiger partial charge in [-0.2, -0.15) is 0 Å². The first kappa shape index (κ1) is 16.2. The van der Waals surface area contributed by atoms with E-state index in [1.54, 1.807) is 6.07 Å². The standard InChI is InChI=1S/C17H12N2O6/c18-16(20)9-24-12-4-5-13-14(8-12)25-15(17(13)21)7-10-2-1-3-11(6-10)19(22)23/h1-8H,9H2,(H2,18,20). The van der Waals surface area contributed by atoms with Gasteiger partial charge in [0.05, 0.1) is 10.5 Å². The number of carbonyl (C=O) groups is 2. The van der Waals surface area contributed by atoms with E-state index in [0.717, 1.165) is 0 Å². The van der Waals surface area contributed by atoms with Gasteiger partial charge in [0, 0.05) is 18.2 Å². The van der Waals surface area contributed by atoms with Crippen molar-refractivity contribution in [1.82, 2.24) is 0 Å². The Hall–Kier alpha value is -3.68. The van der Waals surface area contributed by atoms with Gasteiger partial charge in [-0.05, 0) is 23.8 Å². The number of allylic oxidation sites excluding steroid dienone is 1. The van der Waals surface area contributed by atoms with Crippen LogP contribution in [0, 0.1) is 10.1 Å². The van der Waals surface area contributed by atoms with Crippen LogP contribution >= 0.6 is 0 Å². The van der Waals surface area contributed by atoms with Crippen LogP contribution < -0.4 is 15.2 Å². The maximum absolute atomic E-state index is 12.4. The van der Waals surface area contributed by atoms with Crippen LogP contribution in [0.2, 0.25) is 0 Å². The highest BCUT2D eigenvalue weighted by Crippen LogP contribution is 2.35. The van der Waals surface area contributed by atoms with Crippen molar-refractivity contribution < 1.29 is 24.0 Å². The van der Waals surface area contributed by atoms with Crippen molar-refractivity contribution >= 4 is 23.5 Å². The molecule has 0 radical (unpaired) electrons. The lowest BCUT2D eigenvalue weighted by Crippen LogP contribution is -2.19. The zero-order chi connectivity index (χ0) is 18.0. The van der Waals surface area contributed by atoms with E-state index in [1.807, 2.05) is 0 Å². The second kappa shape index (κ2) is 6.44. The molecule has 0 bridgehead atoms. The maximum Gasteiger partial charge on any atom is 0.270 e. The fourth-order valence-corrected chi connectivity index (χ4v) is 2.29. The van der Waals surface area contributed by atoms with Gasteiger partial charge < -0.3 is 15.2 Å². The Bertz CT molecular complexity index is 919. The number of nitro groups is 1. The molecule has 1 aliphatic heterocycles. The fraction of sp³-hybridized carbons (Fsp3) is 0.0588. The number of ketones is 1. The normalized spacial score (nSPS) is 14.1. The van der Waals surface area contributed by atoms with E-state index in [4.69, 9.17) is 15.2 Å². The Balaban J connectivity index is 1.85. The number of nitrogens with zero attached hydrogens (tertiary/aromatic N) is 1. The van der Waals surface area contributed by atoms with Crippen LogP contribution in [-0.4, -0.2) is 23.2 Å². The summed E-state index contributed by atoms with van der Waals surface area (Å²) in [5, 5.41) is 10.8. The summed E-state index contributed by atoms with van der Waals surface area (Å²) < 4.78 is 10.7. The average Bonchev–Trinajstić information content (AvgIpc) is 2.88. The molecule has 0 aliphatic carbocycles. The molecule has 0 aromatic heterocycles. The predicted octanol–water partition coefficient (Wildman–Crippen LogP) is 2.08. The van der Waals surface area contributed by atoms with E-state index in [9.17, 15) is 19.7 Å². The number of Topliss-reactive ketones (excluding diaryl/α,β-unsaturated/α-hetero) is 1. The van der Waals surface area contributed by atoms with Gasteiger partial charge >= 0.3 is 0 Å². The lowest BCUT2D eigenvalue weighted by molar-refractivity contribution is -0.384. The summed E-state index contributed by atoms with van der Waals surface area (Å²) >= 11 is 0. The SMILES string of the molecule is NC(=O)COc1ccc2c(c1)OC(=Cc1cccc([N+](=O)[O-])c1)C2=O. The molecule has 8 heteroatoms. The third-order valence-electron chi connectivity index (χ3n) is 3.40. The largest absolute Gasteiger partial charge is 0.484 e. The Kier molecular flexibility index (Phi) is 4.17. The second-order valence-corrected chi connectivity index (χ2v) is 5.20. The van der Waals surface area contributed by atoms with Crippen LogP contribution in [0.4, 0.5) is 5.69 Å². The summed E-state index contributed by atoms with van der Waals surface area (Å²) in [5.74, 6) is -0.306. The minimum Gasteiger partial charge on any atom is -0.484 e. The van der Waals surface area contributed by atoms with Gasteiger partial charge in [-0.1, -0.05) is 12.1 Å². The number of ether oxygens (including phenoxy) is 2. The highest BCUT2D eigenvalue weighted by Gasteiger charge is 2.27. The lowest BCUT2D eigenvalue weighted by Gasteiger charge is -2.04.